The summed E-state index contributed by atoms with van der Waals surface area (Å²) in [6.07, 6.45) is 2.20. The van der Waals surface area contributed by atoms with Crippen LogP contribution >= 0.6 is 0 Å². The van der Waals surface area contributed by atoms with Crippen molar-refractivity contribution in [3.8, 4) is 6.07 Å². The highest BCUT2D eigenvalue weighted by atomic mass is 15.1. The van der Waals surface area contributed by atoms with Crippen LogP contribution in [0.5, 0.6) is 0 Å². The average Bonchev–Trinajstić information content (AvgIpc) is 2.15. The number of nitriles is 1. The Labute approximate surface area is 83.2 Å². The van der Waals surface area contributed by atoms with Crippen LogP contribution in [0.2, 0.25) is 0 Å². The van der Waals surface area contributed by atoms with Gasteiger partial charge < -0.3 is 10.6 Å². The zero-order chi connectivity index (χ0) is 10.6. The van der Waals surface area contributed by atoms with Gasteiger partial charge in [0.15, 0.2) is 0 Å². The highest BCUT2D eigenvalue weighted by Crippen LogP contribution is 2.05. The normalized spacial score (nSPS) is 10.1. The van der Waals surface area contributed by atoms with Gasteiger partial charge in [-0.25, -0.2) is 9.97 Å². The molecule has 1 aromatic rings. The van der Waals surface area contributed by atoms with Gasteiger partial charge in [-0.1, -0.05) is 0 Å². The van der Waals surface area contributed by atoms with Gasteiger partial charge in [-0.3, -0.25) is 0 Å². The Morgan fingerprint density at radius 2 is 2.29 bits per heavy atom. The second-order valence-corrected chi connectivity index (χ2v) is 3.25. The molecule has 0 fully saturated rings. The molecule has 0 atom stereocenters. The number of hydrogen-bond acceptors (Lipinski definition) is 5. The lowest BCUT2D eigenvalue weighted by molar-refractivity contribution is 0.409. The highest BCUT2D eigenvalue weighted by molar-refractivity contribution is 5.46. The fraction of sp³-hybridized carbons (Fsp3) is 0.444. The predicted octanol–water partition coefficient (Wildman–Crippen LogP) is 0.0346. The maximum absolute atomic E-state index is 8.61. The van der Waals surface area contributed by atoms with Crippen molar-refractivity contribution in [1.29, 1.82) is 5.26 Å². The molecule has 2 N–H and O–H groups in total. The molecule has 0 aliphatic carbocycles. The third kappa shape index (κ3) is 2.68. The first-order chi connectivity index (χ1) is 6.63. The van der Waals surface area contributed by atoms with Crippen LogP contribution in [-0.2, 0) is 6.42 Å². The first kappa shape index (κ1) is 10.4. The molecule has 1 rings (SSSR count). The quantitative estimate of drug-likeness (QED) is 0.729. The van der Waals surface area contributed by atoms with Gasteiger partial charge in [-0.05, 0) is 14.1 Å². The number of hydrogen-bond donors (Lipinski definition) is 1. The fourth-order valence-electron chi connectivity index (χ4n) is 0.964. The Morgan fingerprint density at radius 1 is 1.57 bits per heavy atom. The van der Waals surface area contributed by atoms with Crippen LogP contribution in [0.4, 0.5) is 5.82 Å². The number of rotatable bonds is 3. The standard InChI is InChI=1S/C9H13N5/c1-14(2)4-3-8-12-6-7(5-10)9(11)13-8/h6H,3-4H2,1-2H3,(H2,11,12,13). The van der Waals surface area contributed by atoms with E-state index in [0.717, 1.165) is 13.0 Å². The number of nitrogen functional groups attached to an aromatic ring is 1. The van der Waals surface area contributed by atoms with E-state index in [2.05, 4.69) is 9.97 Å². The molecule has 1 heterocycles. The minimum atomic E-state index is 0.260. The van der Waals surface area contributed by atoms with E-state index in [-0.39, 0.29) is 5.82 Å². The Hall–Kier alpha value is -1.67. The number of likely N-dealkylation sites (N-methyl/N-ethyl adjacent to an activating group) is 1. The van der Waals surface area contributed by atoms with Crippen LogP contribution < -0.4 is 5.73 Å². The number of nitrogens with zero attached hydrogens (tertiary/aromatic N) is 4. The van der Waals surface area contributed by atoms with Gasteiger partial charge in [-0.2, -0.15) is 5.26 Å². The monoisotopic (exact) mass is 191 g/mol. The Kier molecular flexibility index (Phi) is 3.37. The maximum Gasteiger partial charge on any atom is 0.145 e. The topological polar surface area (TPSA) is 78.8 Å². The van der Waals surface area contributed by atoms with Gasteiger partial charge in [0.25, 0.3) is 0 Å². The van der Waals surface area contributed by atoms with E-state index in [1.807, 2.05) is 25.1 Å². The number of anilines is 1. The van der Waals surface area contributed by atoms with E-state index in [4.69, 9.17) is 11.0 Å². The summed E-state index contributed by atoms with van der Waals surface area (Å²) >= 11 is 0. The summed E-state index contributed by atoms with van der Waals surface area (Å²) in [5.74, 6) is 0.937. The molecule has 5 heteroatoms. The van der Waals surface area contributed by atoms with E-state index in [1.54, 1.807) is 0 Å². The van der Waals surface area contributed by atoms with E-state index in [1.165, 1.54) is 6.20 Å². The molecule has 0 aliphatic heterocycles. The van der Waals surface area contributed by atoms with Crippen molar-refractivity contribution in [2.75, 3.05) is 26.4 Å². The van der Waals surface area contributed by atoms with Crippen molar-refractivity contribution in [3.05, 3.63) is 17.6 Å². The van der Waals surface area contributed by atoms with Gasteiger partial charge in [0.2, 0.25) is 0 Å². The molecular weight excluding hydrogens is 178 g/mol. The molecule has 0 aromatic carbocycles. The first-order valence-electron chi connectivity index (χ1n) is 4.29. The maximum atomic E-state index is 8.61. The second kappa shape index (κ2) is 4.53. The molecule has 14 heavy (non-hydrogen) atoms. The molecule has 0 bridgehead atoms. The number of aromatic nitrogens is 2. The number of nitrogens with two attached hydrogens (primary N) is 1. The van der Waals surface area contributed by atoms with Crippen LogP contribution in [-0.4, -0.2) is 35.5 Å². The fourth-order valence-corrected chi connectivity index (χ4v) is 0.964. The summed E-state index contributed by atoms with van der Waals surface area (Å²) in [6.45, 7) is 0.866. The van der Waals surface area contributed by atoms with Gasteiger partial charge in [0, 0.05) is 13.0 Å². The van der Waals surface area contributed by atoms with Gasteiger partial charge in [-0.15, -0.1) is 0 Å². The van der Waals surface area contributed by atoms with Crippen LogP contribution in [0, 0.1) is 11.3 Å². The zero-order valence-electron chi connectivity index (χ0n) is 8.36. The highest BCUT2D eigenvalue weighted by Gasteiger charge is 2.03. The van der Waals surface area contributed by atoms with Gasteiger partial charge in [0.1, 0.15) is 23.3 Å². The summed E-state index contributed by atoms with van der Waals surface area (Å²) in [5.41, 5.74) is 5.88. The molecule has 1 aromatic heterocycles. The molecule has 0 spiro atoms. The van der Waals surface area contributed by atoms with Crippen LogP contribution in [0.15, 0.2) is 6.20 Å². The van der Waals surface area contributed by atoms with Crippen LogP contribution in [0.25, 0.3) is 0 Å². The first-order valence-corrected chi connectivity index (χ1v) is 4.29. The molecule has 74 valence electrons. The van der Waals surface area contributed by atoms with Crippen molar-refractivity contribution in [1.82, 2.24) is 14.9 Å². The molecular formula is C9H13N5. The SMILES string of the molecule is CN(C)CCc1ncc(C#N)c(N)n1. The predicted molar refractivity (Wildman–Crippen MR) is 53.4 cm³/mol. The molecule has 0 aliphatic rings. The Bertz CT molecular complexity index is 353. The summed E-state index contributed by atoms with van der Waals surface area (Å²) < 4.78 is 0. The molecule has 0 saturated heterocycles. The molecule has 0 saturated carbocycles. The minimum absolute atomic E-state index is 0.260. The van der Waals surface area contributed by atoms with Crippen molar-refractivity contribution in [2.45, 2.75) is 6.42 Å². The Balaban J connectivity index is 2.73. The van der Waals surface area contributed by atoms with E-state index >= 15 is 0 Å². The van der Waals surface area contributed by atoms with Gasteiger partial charge in [0.05, 0.1) is 6.20 Å². The molecule has 0 amide bonds. The third-order valence-electron chi connectivity index (χ3n) is 1.77. The van der Waals surface area contributed by atoms with Crippen LogP contribution in [0.3, 0.4) is 0 Å². The lowest BCUT2D eigenvalue weighted by Gasteiger charge is -2.08. The zero-order valence-corrected chi connectivity index (χ0v) is 8.36. The molecule has 5 nitrogen and oxygen atoms in total. The minimum Gasteiger partial charge on any atom is -0.382 e. The van der Waals surface area contributed by atoms with Crippen molar-refractivity contribution in [2.24, 2.45) is 0 Å². The molecule has 0 radical (unpaired) electrons. The van der Waals surface area contributed by atoms with Crippen molar-refractivity contribution in [3.63, 3.8) is 0 Å². The van der Waals surface area contributed by atoms with Crippen molar-refractivity contribution >= 4 is 5.82 Å². The average molecular weight is 191 g/mol. The smallest absolute Gasteiger partial charge is 0.145 e. The second-order valence-electron chi connectivity index (χ2n) is 3.25. The largest absolute Gasteiger partial charge is 0.382 e. The Morgan fingerprint density at radius 3 is 2.79 bits per heavy atom. The van der Waals surface area contributed by atoms with Crippen LogP contribution in [0.1, 0.15) is 11.4 Å². The lowest BCUT2D eigenvalue weighted by Crippen LogP contribution is -2.16. The van der Waals surface area contributed by atoms with E-state index in [9.17, 15) is 0 Å². The lowest BCUT2D eigenvalue weighted by atomic mass is 10.3. The van der Waals surface area contributed by atoms with E-state index in [0.29, 0.717) is 11.4 Å². The summed E-state index contributed by atoms with van der Waals surface area (Å²) in [4.78, 5) is 10.1. The summed E-state index contributed by atoms with van der Waals surface area (Å²) in [7, 11) is 3.96. The summed E-state index contributed by atoms with van der Waals surface area (Å²) in [6, 6.07) is 1.93. The summed E-state index contributed by atoms with van der Waals surface area (Å²) in [5, 5.41) is 8.61. The third-order valence-corrected chi connectivity index (χ3v) is 1.77. The molecule has 0 unspecified atom stereocenters. The van der Waals surface area contributed by atoms with Gasteiger partial charge >= 0.3 is 0 Å². The van der Waals surface area contributed by atoms with E-state index < -0.39 is 0 Å². The van der Waals surface area contributed by atoms with Crippen molar-refractivity contribution < 1.29 is 0 Å².